The normalized spacial score (nSPS) is 11.3. The van der Waals surface area contributed by atoms with Crippen molar-refractivity contribution < 1.29 is 17.9 Å². The Bertz CT molecular complexity index is 592. The topological polar surface area (TPSA) is 111 Å². The number of rotatable bonds is 9. The predicted molar refractivity (Wildman–Crippen MR) is 79.9 cm³/mol. The maximum atomic E-state index is 12.2. The molecule has 0 unspecified atom stereocenters. The summed E-state index contributed by atoms with van der Waals surface area (Å²) in [5, 5.41) is 3.24. The van der Waals surface area contributed by atoms with Crippen LogP contribution in [0.5, 0.6) is 5.75 Å². The molecule has 0 saturated carbocycles. The zero-order valence-corrected chi connectivity index (χ0v) is 13.1. The lowest BCUT2D eigenvalue weighted by atomic mass is 10.3. The van der Waals surface area contributed by atoms with Gasteiger partial charge < -0.3 is 15.8 Å². The highest BCUT2D eigenvalue weighted by atomic mass is 35.5. The zero-order chi connectivity index (χ0) is 15.9. The number of benzene rings is 1. The van der Waals surface area contributed by atoms with E-state index in [-0.39, 0.29) is 22.2 Å². The van der Waals surface area contributed by atoms with E-state index in [1.807, 2.05) is 6.92 Å². The van der Waals surface area contributed by atoms with Gasteiger partial charge in [-0.25, -0.2) is 13.1 Å². The number of nitrogens with two attached hydrogens (primary N) is 1. The van der Waals surface area contributed by atoms with Crippen LogP contribution in [0.4, 0.5) is 0 Å². The fourth-order valence-electron chi connectivity index (χ4n) is 1.49. The van der Waals surface area contributed by atoms with Crippen LogP contribution < -0.4 is 20.5 Å². The Morgan fingerprint density at radius 2 is 2.10 bits per heavy atom. The van der Waals surface area contributed by atoms with E-state index in [0.717, 1.165) is 6.54 Å². The summed E-state index contributed by atoms with van der Waals surface area (Å²) in [5.74, 6) is -0.678. The Labute approximate surface area is 128 Å². The molecule has 1 amide bonds. The second-order valence-corrected chi connectivity index (χ2v) is 6.27. The second kappa shape index (κ2) is 8.18. The minimum Gasteiger partial charge on any atom is -0.482 e. The van der Waals surface area contributed by atoms with Crippen molar-refractivity contribution in [3.8, 4) is 5.75 Å². The molecule has 21 heavy (non-hydrogen) atoms. The molecule has 118 valence electrons. The van der Waals surface area contributed by atoms with E-state index in [9.17, 15) is 13.2 Å². The first-order valence-electron chi connectivity index (χ1n) is 6.28. The van der Waals surface area contributed by atoms with Gasteiger partial charge in [0.05, 0.1) is 0 Å². The molecule has 4 N–H and O–H groups in total. The quantitative estimate of drug-likeness (QED) is 0.554. The van der Waals surface area contributed by atoms with Crippen molar-refractivity contribution in [2.45, 2.75) is 11.8 Å². The third-order valence-electron chi connectivity index (χ3n) is 2.41. The maximum Gasteiger partial charge on any atom is 0.255 e. The standard InChI is InChI=1S/C12H18ClN3O4S/c1-2-15-5-6-16-21(18,19)11-7-9(13)3-4-10(11)20-8-12(14)17/h3-4,7,15-16H,2,5-6,8H2,1H3,(H2,14,17). The third-order valence-corrected chi connectivity index (χ3v) is 4.13. The monoisotopic (exact) mass is 335 g/mol. The largest absolute Gasteiger partial charge is 0.482 e. The summed E-state index contributed by atoms with van der Waals surface area (Å²) in [6.07, 6.45) is 0. The van der Waals surface area contributed by atoms with Gasteiger partial charge in [0.2, 0.25) is 10.0 Å². The summed E-state index contributed by atoms with van der Waals surface area (Å²) in [5.41, 5.74) is 4.98. The number of carbonyl (C=O) groups is 1. The minimum atomic E-state index is -3.79. The number of amides is 1. The van der Waals surface area contributed by atoms with Crippen LogP contribution in [0.25, 0.3) is 0 Å². The molecule has 9 heteroatoms. The number of nitrogens with one attached hydrogen (secondary N) is 2. The van der Waals surface area contributed by atoms with Gasteiger partial charge in [0.15, 0.2) is 6.61 Å². The molecule has 0 spiro atoms. The van der Waals surface area contributed by atoms with E-state index in [0.29, 0.717) is 6.54 Å². The Kier molecular flexibility index (Phi) is 6.90. The number of hydrogen-bond acceptors (Lipinski definition) is 5. The van der Waals surface area contributed by atoms with E-state index in [1.54, 1.807) is 0 Å². The van der Waals surface area contributed by atoms with Gasteiger partial charge in [0.1, 0.15) is 10.6 Å². The van der Waals surface area contributed by atoms with Crippen molar-refractivity contribution in [3.05, 3.63) is 23.2 Å². The van der Waals surface area contributed by atoms with Crippen LogP contribution >= 0.6 is 11.6 Å². The lowest BCUT2D eigenvalue weighted by Gasteiger charge is -2.12. The summed E-state index contributed by atoms with van der Waals surface area (Å²) in [7, 11) is -3.79. The van der Waals surface area contributed by atoms with Crippen molar-refractivity contribution in [1.82, 2.24) is 10.0 Å². The van der Waals surface area contributed by atoms with Crippen LogP contribution in [0.2, 0.25) is 5.02 Å². The van der Waals surface area contributed by atoms with Gasteiger partial charge in [-0.2, -0.15) is 0 Å². The molecule has 0 heterocycles. The van der Waals surface area contributed by atoms with Crippen molar-refractivity contribution in [2.75, 3.05) is 26.2 Å². The van der Waals surface area contributed by atoms with Crippen molar-refractivity contribution in [3.63, 3.8) is 0 Å². The minimum absolute atomic E-state index is 0.0224. The number of sulfonamides is 1. The lowest BCUT2D eigenvalue weighted by molar-refractivity contribution is -0.120. The molecule has 0 aliphatic carbocycles. The number of carbonyl (C=O) groups excluding carboxylic acids is 1. The van der Waals surface area contributed by atoms with Crippen LogP contribution in [0.3, 0.4) is 0 Å². The van der Waals surface area contributed by atoms with E-state index in [4.69, 9.17) is 22.1 Å². The van der Waals surface area contributed by atoms with Crippen molar-refractivity contribution in [1.29, 1.82) is 0 Å². The van der Waals surface area contributed by atoms with Gasteiger partial charge >= 0.3 is 0 Å². The van der Waals surface area contributed by atoms with Crippen LogP contribution in [0.1, 0.15) is 6.92 Å². The number of ether oxygens (including phenoxy) is 1. The molecule has 0 bridgehead atoms. The highest BCUT2D eigenvalue weighted by molar-refractivity contribution is 7.89. The first-order chi connectivity index (χ1) is 9.86. The van der Waals surface area contributed by atoms with Gasteiger partial charge in [-0.1, -0.05) is 18.5 Å². The van der Waals surface area contributed by atoms with Gasteiger partial charge in [0, 0.05) is 18.1 Å². The molecule has 0 saturated heterocycles. The van der Waals surface area contributed by atoms with Crippen LogP contribution in [0.15, 0.2) is 23.1 Å². The van der Waals surface area contributed by atoms with Crippen LogP contribution in [-0.2, 0) is 14.8 Å². The van der Waals surface area contributed by atoms with Gasteiger partial charge in [-0.15, -0.1) is 0 Å². The van der Waals surface area contributed by atoms with Gasteiger partial charge in [0.25, 0.3) is 5.91 Å². The lowest BCUT2D eigenvalue weighted by Crippen LogP contribution is -2.32. The zero-order valence-electron chi connectivity index (χ0n) is 11.6. The molecule has 1 aromatic rings. The molecule has 0 aromatic heterocycles. The molecule has 0 aliphatic rings. The Hall–Kier alpha value is -1.35. The van der Waals surface area contributed by atoms with Crippen molar-refractivity contribution >= 4 is 27.5 Å². The molecular weight excluding hydrogens is 318 g/mol. The Morgan fingerprint density at radius 1 is 1.38 bits per heavy atom. The summed E-state index contributed by atoms with van der Waals surface area (Å²) < 4.78 is 32.0. The van der Waals surface area contributed by atoms with Crippen LogP contribution in [0, 0.1) is 0 Å². The molecule has 0 radical (unpaired) electrons. The fraction of sp³-hybridized carbons (Fsp3) is 0.417. The van der Waals surface area contributed by atoms with E-state index >= 15 is 0 Å². The van der Waals surface area contributed by atoms with Gasteiger partial charge in [-0.3, -0.25) is 4.79 Å². The summed E-state index contributed by atoms with van der Waals surface area (Å²) in [6.45, 7) is 2.96. The molecule has 0 aliphatic heterocycles. The number of primary amides is 1. The highest BCUT2D eigenvalue weighted by Gasteiger charge is 2.20. The third kappa shape index (κ3) is 5.88. The van der Waals surface area contributed by atoms with E-state index < -0.39 is 22.5 Å². The molecule has 0 fully saturated rings. The van der Waals surface area contributed by atoms with E-state index in [2.05, 4.69) is 10.0 Å². The fourth-order valence-corrected chi connectivity index (χ4v) is 2.93. The Morgan fingerprint density at radius 3 is 2.71 bits per heavy atom. The summed E-state index contributed by atoms with van der Waals surface area (Å²) in [4.78, 5) is 10.6. The first-order valence-corrected chi connectivity index (χ1v) is 8.14. The maximum absolute atomic E-state index is 12.2. The Balaban J connectivity index is 2.92. The molecule has 1 rings (SSSR count). The van der Waals surface area contributed by atoms with E-state index in [1.165, 1.54) is 18.2 Å². The number of hydrogen-bond donors (Lipinski definition) is 3. The molecule has 7 nitrogen and oxygen atoms in total. The molecule has 1 aromatic carbocycles. The molecule has 0 atom stereocenters. The average Bonchev–Trinajstić information content (AvgIpc) is 2.42. The predicted octanol–water partition coefficient (Wildman–Crippen LogP) is 0.0919. The average molecular weight is 336 g/mol. The molecular formula is C12H18ClN3O4S. The smallest absolute Gasteiger partial charge is 0.255 e. The van der Waals surface area contributed by atoms with Gasteiger partial charge in [-0.05, 0) is 24.7 Å². The summed E-state index contributed by atoms with van der Waals surface area (Å²) >= 11 is 5.82. The highest BCUT2D eigenvalue weighted by Crippen LogP contribution is 2.27. The first kappa shape index (κ1) is 17.7. The van der Waals surface area contributed by atoms with Crippen LogP contribution in [-0.4, -0.2) is 40.6 Å². The van der Waals surface area contributed by atoms with Crippen molar-refractivity contribution in [2.24, 2.45) is 5.73 Å². The number of halogens is 1. The summed E-state index contributed by atoms with van der Waals surface area (Å²) in [6, 6.07) is 4.10. The second-order valence-electron chi connectivity index (χ2n) is 4.10. The number of likely N-dealkylation sites (N-methyl/N-ethyl adjacent to an activating group) is 1. The SMILES string of the molecule is CCNCCNS(=O)(=O)c1cc(Cl)ccc1OCC(N)=O.